The third-order valence-electron chi connectivity index (χ3n) is 5.73. The largest absolute Gasteiger partial charge is 0.338 e. The van der Waals surface area contributed by atoms with Crippen LogP contribution < -0.4 is 16.0 Å². The molecule has 0 aliphatic carbocycles. The molecule has 4 N–H and O–H groups in total. The van der Waals surface area contributed by atoms with Gasteiger partial charge in [-0.25, -0.2) is 4.79 Å². The molecule has 0 saturated carbocycles. The molecule has 7 nitrogen and oxygen atoms in total. The molecule has 1 unspecified atom stereocenters. The Balaban J connectivity index is 1.59. The van der Waals surface area contributed by atoms with Gasteiger partial charge < -0.3 is 16.0 Å². The molecule has 4 rings (SSSR count). The molecule has 1 aliphatic heterocycles. The van der Waals surface area contributed by atoms with Gasteiger partial charge in [0, 0.05) is 22.8 Å². The Morgan fingerprint density at radius 3 is 2.55 bits per heavy atom. The Labute approximate surface area is 206 Å². The van der Waals surface area contributed by atoms with E-state index in [4.69, 9.17) is 5.41 Å². The number of benzene rings is 3. The van der Waals surface area contributed by atoms with Gasteiger partial charge in [-0.3, -0.25) is 15.1 Å². The predicted octanol–water partition coefficient (Wildman–Crippen LogP) is 4.49. The van der Waals surface area contributed by atoms with Gasteiger partial charge in [0.1, 0.15) is 5.54 Å². The first-order valence-corrected chi connectivity index (χ1v) is 11.5. The lowest BCUT2D eigenvalue weighted by Gasteiger charge is -2.23. The first-order chi connectivity index (χ1) is 15.8. The Kier molecular flexibility index (Phi) is 6.37. The van der Waals surface area contributed by atoms with Crippen LogP contribution in [0.3, 0.4) is 0 Å². The molecular weight excluding hydrogens is 529 g/mol. The predicted molar refractivity (Wildman–Crippen MR) is 138 cm³/mol. The highest BCUT2D eigenvalue weighted by atomic mass is 127. The second kappa shape index (κ2) is 9.22. The number of hydrogen-bond acceptors (Lipinski definition) is 3. The van der Waals surface area contributed by atoms with Crippen LogP contribution in [-0.2, 0) is 16.9 Å². The van der Waals surface area contributed by atoms with E-state index < -0.39 is 5.54 Å². The maximum absolute atomic E-state index is 12.8. The van der Waals surface area contributed by atoms with Gasteiger partial charge in [-0.1, -0.05) is 42.5 Å². The summed E-state index contributed by atoms with van der Waals surface area (Å²) < 4.78 is 1.06. The molecule has 0 spiro atoms. The summed E-state index contributed by atoms with van der Waals surface area (Å²) in [5.41, 5.74) is 3.36. The van der Waals surface area contributed by atoms with Gasteiger partial charge in [0.2, 0.25) is 0 Å². The van der Waals surface area contributed by atoms with Crippen LogP contribution in [0.2, 0.25) is 0 Å². The van der Waals surface area contributed by atoms with Crippen LogP contribution >= 0.6 is 22.6 Å². The zero-order valence-corrected chi connectivity index (χ0v) is 20.4. The number of carbonyl (C=O) groups is 2. The highest BCUT2D eigenvalue weighted by Crippen LogP contribution is 2.32. The Bertz CT molecular complexity index is 1230. The first-order valence-electron chi connectivity index (χ1n) is 10.4. The summed E-state index contributed by atoms with van der Waals surface area (Å²) in [5, 5.41) is 16.7. The Hall–Kier alpha value is -3.40. The molecular formula is C25H24IN5O2. The van der Waals surface area contributed by atoms with Crippen molar-refractivity contribution in [3.8, 4) is 11.1 Å². The number of likely N-dealkylation sites (N-methyl/N-ethyl adjacent to an activating group) is 1. The topological polar surface area (TPSA) is 97.3 Å². The fourth-order valence-electron chi connectivity index (χ4n) is 3.85. The maximum atomic E-state index is 12.8. The number of hydrogen-bond donors (Lipinski definition) is 4. The minimum atomic E-state index is -1.00. The molecule has 0 aromatic heterocycles. The molecule has 0 radical (unpaired) electrons. The number of nitrogens with zero attached hydrogens (tertiary/aromatic N) is 1. The van der Waals surface area contributed by atoms with E-state index in [1.165, 1.54) is 4.90 Å². The van der Waals surface area contributed by atoms with Crippen molar-refractivity contribution < 1.29 is 9.59 Å². The first kappa shape index (κ1) is 22.8. The van der Waals surface area contributed by atoms with Gasteiger partial charge >= 0.3 is 6.03 Å². The van der Waals surface area contributed by atoms with Crippen molar-refractivity contribution in [1.82, 2.24) is 15.5 Å². The lowest BCUT2D eigenvalue weighted by Crippen LogP contribution is -2.40. The molecule has 33 heavy (non-hydrogen) atoms. The normalized spacial score (nSPS) is 17.6. The average molecular weight is 553 g/mol. The number of halogens is 1. The molecule has 1 atom stereocenters. The van der Waals surface area contributed by atoms with Crippen LogP contribution in [0.1, 0.15) is 18.1 Å². The minimum Gasteiger partial charge on any atom is -0.338 e. The molecule has 8 heteroatoms. The zero-order chi connectivity index (χ0) is 23.6. The van der Waals surface area contributed by atoms with Crippen molar-refractivity contribution in [1.29, 1.82) is 5.41 Å². The Morgan fingerprint density at radius 2 is 1.85 bits per heavy atom. The second-order valence-corrected chi connectivity index (χ2v) is 9.26. The summed E-state index contributed by atoms with van der Waals surface area (Å²) in [7, 11) is 1.59. The van der Waals surface area contributed by atoms with E-state index in [1.807, 2.05) is 66.7 Å². The maximum Gasteiger partial charge on any atom is 0.319 e. The summed E-state index contributed by atoms with van der Waals surface area (Å²) in [5.74, 6) is -0.0942. The van der Waals surface area contributed by atoms with Crippen LogP contribution in [0.15, 0.2) is 72.8 Å². The van der Waals surface area contributed by atoms with Gasteiger partial charge in [0.25, 0.3) is 5.91 Å². The van der Waals surface area contributed by atoms with E-state index in [0.717, 1.165) is 31.5 Å². The van der Waals surface area contributed by atoms with Crippen LogP contribution in [0.5, 0.6) is 0 Å². The number of carbonyl (C=O) groups excluding carboxylic acids is 2. The summed E-state index contributed by atoms with van der Waals surface area (Å²) in [6, 6.07) is 22.8. The number of nitrogens with one attached hydrogen (secondary N) is 4. The molecule has 1 fully saturated rings. The second-order valence-electron chi connectivity index (χ2n) is 8.02. The van der Waals surface area contributed by atoms with E-state index in [0.29, 0.717) is 6.54 Å². The average Bonchev–Trinajstić information content (AvgIpc) is 3.02. The summed E-state index contributed by atoms with van der Waals surface area (Å²) in [4.78, 5) is 26.5. The molecule has 3 amide bonds. The third-order valence-corrected chi connectivity index (χ3v) is 6.40. The van der Waals surface area contributed by atoms with Crippen molar-refractivity contribution in [2.75, 3.05) is 12.4 Å². The highest BCUT2D eigenvalue weighted by molar-refractivity contribution is 14.1. The molecule has 3 aromatic rings. The van der Waals surface area contributed by atoms with Crippen molar-refractivity contribution in [2.45, 2.75) is 19.0 Å². The van der Waals surface area contributed by atoms with Crippen molar-refractivity contribution in [2.24, 2.45) is 0 Å². The van der Waals surface area contributed by atoms with E-state index in [2.05, 4.69) is 44.6 Å². The number of guanidine groups is 1. The summed E-state index contributed by atoms with van der Waals surface area (Å²) >= 11 is 2.26. The SMILES string of the molecule is CN1C(=N)NC(C)(c2cccc(-c3cc(I)ccc3CNC(=O)Nc3ccccc3)c2)C1=O. The van der Waals surface area contributed by atoms with E-state index in [-0.39, 0.29) is 17.9 Å². The van der Waals surface area contributed by atoms with Crippen molar-refractivity contribution in [3.05, 3.63) is 87.5 Å². The van der Waals surface area contributed by atoms with E-state index in [9.17, 15) is 9.59 Å². The number of rotatable bonds is 5. The minimum absolute atomic E-state index is 0.0801. The number of amides is 3. The van der Waals surface area contributed by atoms with Gasteiger partial charge in [-0.15, -0.1) is 0 Å². The lowest BCUT2D eigenvalue weighted by molar-refractivity contribution is -0.129. The molecule has 1 saturated heterocycles. The van der Waals surface area contributed by atoms with Crippen molar-refractivity contribution >= 4 is 46.2 Å². The molecule has 1 heterocycles. The molecule has 168 valence electrons. The standard InChI is InChI=1S/C25H24IN5O2/c1-25(22(32)31(2)23(27)30-25)18-8-6-7-16(13-18)21-14-19(26)12-11-17(21)15-28-24(33)29-20-9-4-3-5-10-20/h3-14H,15H2,1-2H3,(H2,27,30)(H2,28,29,33). The molecule has 0 bridgehead atoms. The fourth-order valence-corrected chi connectivity index (χ4v) is 4.34. The van der Waals surface area contributed by atoms with Crippen LogP contribution in [0, 0.1) is 8.98 Å². The van der Waals surface area contributed by atoms with Gasteiger partial charge in [-0.2, -0.15) is 0 Å². The van der Waals surface area contributed by atoms with Crippen LogP contribution in [-0.4, -0.2) is 29.8 Å². The zero-order valence-electron chi connectivity index (χ0n) is 18.3. The molecule has 1 aliphatic rings. The summed E-state index contributed by atoms with van der Waals surface area (Å²) in [6.45, 7) is 2.13. The van der Waals surface area contributed by atoms with Crippen molar-refractivity contribution in [3.63, 3.8) is 0 Å². The quantitative estimate of drug-likeness (QED) is 0.351. The van der Waals surface area contributed by atoms with Gasteiger partial charge in [0.15, 0.2) is 5.96 Å². The van der Waals surface area contributed by atoms with Crippen LogP contribution in [0.25, 0.3) is 11.1 Å². The number of urea groups is 1. The Morgan fingerprint density at radius 1 is 1.09 bits per heavy atom. The third kappa shape index (κ3) is 4.70. The van der Waals surface area contributed by atoms with Crippen LogP contribution in [0.4, 0.5) is 10.5 Å². The number of anilines is 1. The summed E-state index contributed by atoms with van der Waals surface area (Å²) in [6.07, 6.45) is 0. The highest BCUT2D eigenvalue weighted by Gasteiger charge is 2.45. The van der Waals surface area contributed by atoms with E-state index >= 15 is 0 Å². The monoisotopic (exact) mass is 553 g/mol. The number of para-hydroxylation sites is 1. The van der Waals surface area contributed by atoms with Gasteiger partial charge in [-0.05, 0) is 82.1 Å². The molecule has 3 aromatic carbocycles. The lowest BCUT2D eigenvalue weighted by atomic mass is 9.88. The van der Waals surface area contributed by atoms with Gasteiger partial charge in [0.05, 0.1) is 0 Å². The van der Waals surface area contributed by atoms with E-state index in [1.54, 1.807) is 14.0 Å². The smallest absolute Gasteiger partial charge is 0.319 e. The fraction of sp³-hybridized carbons (Fsp3) is 0.160.